The van der Waals surface area contributed by atoms with Crippen molar-refractivity contribution in [3.63, 3.8) is 0 Å². The molecule has 2 aliphatic rings. The Hall–Kier alpha value is -2.69. The van der Waals surface area contributed by atoms with Gasteiger partial charge in [0.1, 0.15) is 5.75 Å². The molecule has 0 aromatic heterocycles. The number of aromatic amines is 1. The van der Waals surface area contributed by atoms with Gasteiger partial charge in [0.2, 0.25) is 5.84 Å². The van der Waals surface area contributed by atoms with Crippen LogP contribution in [-0.4, -0.2) is 22.5 Å². The number of nitrogens with one attached hydrogen (secondary N) is 1. The van der Waals surface area contributed by atoms with Gasteiger partial charge in [-0.3, -0.25) is 4.99 Å². The maximum Gasteiger partial charge on any atom is 0.215 e. The monoisotopic (exact) mass is 351 g/mol. The minimum atomic E-state index is 0.185. The van der Waals surface area contributed by atoms with Gasteiger partial charge >= 0.3 is 0 Å². The molecular formula is C21H25N3O2. The van der Waals surface area contributed by atoms with Crippen LogP contribution in [0.2, 0.25) is 0 Å². The van der Waals surface area contributed by atoms with E-state index in [1.807, 2.05) is 30.3 Å². The summed E-state index contributed by atoms with van der Waals surface area (Å²) >= 11 is 0. The third kappa shape index (κ3) is 3.77. The van der Waals surface area contributed by atoms with Crippen molar-refractivity contribution in [3.8, 4) is 17.0 Å². The predicted molar refractivity (Wildman–Crippen MR) is 107 cm³/mol. The minimum absolute atomic E-state index is 0.185. The molecule has 136 valence electrons. The van der Waals surface area contributed by atoms with Crippen LogP contribution in [0.5, 0.6) is 5.75 Å². The van der Waals surface area contributed by atoms with Crippen molar-refractivity contribution < 1.29 is 5.11 Å². The lowest BCUT2D eigenvalue weighted by molar-refractivity contribution is 0.484. The molecule has 1 aliphatic heterocycles. The average Bonchev–Trinajstić information content (AvgIpc) is 2.96. The quantitative estimate of drug-likeness (QED) is 0.231. The van der Waals surface area contributed by atoms with E-state index in [9.17, 15) is 10.0 Å². The number of nitrogens with zero attached hydrogens (tertiary/aromatic N) is 2. The van der Waals surface area contributed by atoms with E-state index in [0.29, 0.717) is 12.2 Å². The van der Waals surface area contributed by atoms with E-state index in [1.165, 1.54) is 25.7 Å². The van der Waals surface area contributed by atoms with Crippen molar-refractivity contribution in [2.24, 2.45) is 10.2 Å². The third-order valence-corrected chi connectivity index (χ3v) is 4.75. The molecule has 1 aliphatic carbocycles. The first-order valence-corrected chi connectivity index (χ1v) is 9.36. The lowest BCUT2D eigenvalue weighted by Crippen LogP contribution is -2.02. The first-order valence-electron chi connectivity index (χ1n) is 9.36. The fourth-order valence-corrected chi connectivity index (χ4v) is 3.33. The Balaban J connectivity index is 1.77. The number of H-pyrrole nitrogens is 1. The summed E-state index contributed by atoms with van der Waals surface area (Å²) in [6.45, 7) is 2.81. The molecule has 0 saturated carbocycles. The minimum Gasteiger partial charge on any atom is -0.507 e. The molecule has 0 spiro atoms. The standard InChI is InChI=1S/C21H25N3O2/c1-2-3-4-5-6-9-14-22-21(24-26)18-13-12-17-19(23-18)15-10-7-8-11-16(15)20(17)25/h7-8,10-13,23,25H,2-6,9,14H2,1H3. The van der Waals surface area contributed by atoms with Crippen molar-refractivity contribution >= 4 is 16.6 Å². The lowest BCUT2D eigenvalue weighted by atomic mass is 10.1. The van der Waals surface area contributed by atoms with Crippen molar-refractivity contribution in [2.45, 2.75) is 45.4 Å². The first-order chi connectivity index (χ1) is 12.8. The van der Waals surface area contributed by atoms with E-state index >= 15 is 0 Å². The summed E-state index contributed by atoms with van der Waals surface area (Å²) < 4.78 is 0. The van der Waals surface area contributed by atoms with Crippen molar-refractivity contribution in [1.29, 1.82) is 0 Å². The summed E-state index contributed by atoms with van der Waals surface area (Å²) in [5, 5.41) is 15.2. The highest BCUT2D eigenvalue weighted by molar-refractivity contribution is 6.08. The molecule has 5 nitrogen and oxygen atoms in total. The molecule has 3 rings (SSSR count). The van der Waals surface area contributed by atoms with E-state index < -0.39 is 0 Å². The van der Waals surface area contributed by atoms with Crippen LogP contribution >= 0.6 is 0 Å². The second-order valence-electron chi connectivity index (χ2n) is 6.62. The second-order valence-corrected chi connectivity index (χ2v) is 6.62. The summed E-state index contributed by atoms with van der Waals surface area (Å²) in [7, 11) is 0. The number of aliphatic imine (C=N–C) groups is 1. The number of benzene rings is 1. The van der Waals surface area contributed by atoms with Crippen molar-refractivity contribution in [3.05, 3.63) is 47.0 Å². The Morgan fingerprint density at radius 1 is 1.00 bits per heavy atom. The van der Waals surface area contributed by atoms with Gasteiger partial charge in [-0.15, -0.1) is 4.91 Å². The van der Waals surface area contributed by atoms with Gasteiger partial charge in [0.05, 0.1) is 11.4 Å². The molecule has 1 aromatic rings. The zero-order valence-electron chi connectivity index (χ0n) is 15.2. The number of pyridine rings is 1. The molecule has 1 aromatic carbocycles. The van der Waals surface area contributed by atoms with E-state index in [-0.39, 0.29) is 11.6 Å². The van der Waals surface area contributed by atoms with Gasteiger partial charge in [0.15, 0.2) is 0 Å². The summed E-state index contributed by atoms with van der Waals surface area (Å²) in [6, 6.07) is 11.2. The Morgan fingerprint density at radius 3 is 2.50 bits per heavy atom. The topological polar surface area (TPSA) is 77.8 Å². The van der Waals surface area contributed by atoms with E-state index in [2.05, 4.69) is 22.1 Å². The summed E-state index contributed by atoms with van der Waals surface area (Å²) in [5.41, 5.74) is 2.11. The van der Waals surface area contributed by atoms with Crippen LogP contribution in [0.1, 0.15) is 51.1 Å². The molecule has 0 fully saturated rings. The molecule has 1 heterocycles. The van der Waals surface area contributed by atoms with Crippen LogP contribution in [0.3, 0.4) is 0 Å². The van der Waals surface area contributed by atoms with E-state index in [0.717, 1.165) is 34.9 Å². The number of aromatic nitrogens is 1. The number of hydrogen-bond acceptors (Lipinski definition) is 3. The number of unbranched alkanes of at least 4 members (excludes halogenated alkanes) is 5. The Labute approximate surface area is 153 Å². The number of hydrogen-bond donors (Lipinski definition) is 2. The predicted octanol–water partition coefficient (Wildman–Crippen LogP) is 5.85. The number of rotatable bonds is 8. The highest BCUT2D eigenvalue weighted by Crippen LogP contribution is 2.42. The maximum atomic E-state index is 11.3. The molecule has 0 radical (unpaired) electrons. The number of fused-ring (bicyclic) bond motifs is 3. The Bertz CT molecular complexity index is 882. The second kappa shape index (κ2) is 8.61. The first kappa shape index (κ1) is 18.1. The zero-order chi connectivity index (χ0) is 18.4. The molecule has 0 unspecified atom stereocenters. The Kier molecular flexibility index (Phi) is 6.00. The van der Waals surface area contributed by atoms with E-state index in [1.54, 1.807) is 6.07 Å². The number of aromatic hydroxyl groups is 1. The lowest BCUT2D eigenvalue weighted by Gasteiger charge is -2.05. The van der Waals surface area contributed by atoms with Crippen LogP contribution in [0, 0.1) is 4.91 Å². The maximum absolute atomic E-state index is 11.3. The van der Waals surface area contributed by atoms with Crippen LogP contribution in [0.15, 0.2) is 46.6 Å². The molecule has 0 saturated heterocycles. The van der Waals surface area contributed by atoms with Gasteiger partial charge in [0, 0.05) is 22.9 Å². The normalized spacial score (nSPS) is 12.1. The van der Waals surface area contributed by atoms with Gasteiger partial charge in [-0.1, -0.05) is 63.3 Å². The SMILES string of the molecule is CCCCCCCCN=C(N=O)c1ccc2c(O)c3ccccc3c-2[nH]1. The van der Waals surface area contributed by atoms with Crippen molar-refractivity contribution in [1.82, 2.24) is 4.98 Å². The molecule has 2 N–H and O–H groups in total. The summed E-state index contributed by atoms with van der Waals surface area (Å²) in [4.78, 5) is 18.9. The molecule has 0 amide bonds. The van der Waals surface area contributed by atoms with Gasteiger partial charge in [-0.2, -0.15) is 0 Å². The summed E-state index contributed by atoms with van der Waals surface area (Å²) in [6.07, 6.45) is 7.08. The molecule has 0 bridgehead atoms. The van der Waals surface area contributed by atoms with Crippen LogP contribution in [-0.2, 0) is 0 Å². The zero-order valence-corrected chi connectivity index (χ0v) is 15.2. The highest BCUT2D eigenvalue weighted by atomic mass is 16.3. The third-order valence-electron chi connectivity index (χ3n) is 4.75. The largest absolute Gasteiger partial charge is 0.507 e. The molecule has 0 atom stereocenters. The van der Waals surface area contributed by atoms with Crippen LogP contribution in [0.25, 0.3) is 22.0 Å². The van der Waals surface area contributed by atoms with E-state index in [4.69, 9.17) is 0 Å². The fourth-order valence-electron chi connectivity index (χ4n) is 3.33. The molecular weight excluding hydrogens is 326 g/mol. The van der Waals surface area contributed by atoms with Gasteiger partial charge < -0.3 is 10.1 Å². The Morgan fingerprint density at radius 2 is 1.73 bits per heavy atom. The molecule has 26 heavy (non-hydrogen) atoms. The van der Waals surface area contributed by atoms with Crippen LogP contribution in [0.4, 0.5) is 0 Å². The van der Waals surface area contributed by atoms with Crippen molar-refractivity contribution in [2.75, 3.05) is 6.54 Å². The number of nitroso groups, excluding NO2 is 1. The smallest absolute Gasteiger partial charge is 0.215 e. The highest BCUT2D eigenvalue weighted by Gasteiger charge is 2.18. The average molecular weight is 351 g/mol. The fraction of sp³-hybridized carbons (Fsp3) is 0.381. The summed E-state index contributed by atoms with van der Waals surface area (Å²) in [5.74, 6) is 0.438. The van der Waals surface area contributed by atoms with Gasteiger partial charge in [-0.05, 0) is 23.7 Å². The van der Waals surface area contributed by atoms with Crippen LogP contribution < -0.4 is 0 Å². The number of amidine groups is 1. The van der Waals surface area contributed by atoms with Gasteiger partial charge in [-0.25, -0.2) is 0 Å². The molecule has 5 heteroatoms. The van der Waals surface area contributed by atoms with Gasteiger partial charge in [0.25, 0.3) is 0 Å².